The van der Waals surface area contributed by atoms with Gasteiger partial charge >= 0.3 is 0 Å². The molecule has 0 bridgehead atoms. The molecule has 10 heteroatoms. The number of hydrogen-bond donors (Lipinski definition) is 2. The van der Waals surface area contributed by atoms with Crippen LogP contribution in [0.15, 0.2) is 23.0 Å². The zero-order valence-electron chi connectivity index (χ0n) is 18.5. The van der Waals surface area contributed by atoms with E-state index in [1.165, 1.54) is 32.6 Å². The Labute approximate surface area is 199 Å². The summed E-state index contributed by atoms with van der Waals surface area (Å²) < 4.78 is 14.9. The van der Waals surface area contributed by atoms with Gasteiger partial charge in [0.25, 0.3) is 17.4 Å². The van der Waals surface area contributed by atoms with Crippen molar-refractivity contribution in [2.45, 2.75) is 37.9 Å². The van der Waals surface area contributed by atoms with E-state index < -0.39 is 34.1 Å². The standard InChI is InChI=1S/C24H23ClFN3O5/c1-27-21(33)18-14-5-7-28(10-12-2-3-16(26)15(25)8-12)20(32)17(14)19(31)22(34)29(18)24(27)6-4-13-9-23(13,24)11-30/h2-3,8,13,30-31H,4-7,9-11H2,1H3/t13-,23-,24+/m1/s1. The number of benzene rings is 1. The fourth-order valence-electron chi connectivity index (χ4n) is 6.78. The second-order valence-electron chi connectivity index (χ2n) is 9.85. The van der Waals surface area contributed by atoms with Crippen molar-refractivity contribution in [3.05, 3.63) is 61.8 Å². The SMILES string of the molecule is CN1C(=O)c2c3c(c(O)c(=O)n2[C@]12CC[C@@H]1C[C@@]12CO)C(=O)N(Cc1ccc(F)c(Cl)c1)CC3. The van der Waals surface area contributed by atoms with E-state index >= 15 is 0 Å². The first-order valence-corrected chi connectivity index (χ1v) is 11.7. The Bertz CT molecular complexity index is 1360. The first-order chi connectivity index (χ1) is 16.2. The highest BCUT2D eigenvalue weighted by Gasteiger charge is 2.76. The lowest BCUT2D eigenvalue weighted by atomic mass is 9.89. The third kappa shape index (κ3) is 2.39. The molecule has 2 saturated carbocycles. The smallest absolute Gasteiger partial charge is 0.296 e. The van der Waals surface area contributed by atoms with E-state index in [4.69, 9.17) is 11.6 Å². The predicted octanol–water partition coefficient (Wildman–Crippen LogP) is 2.08. The molecule has 0 radical (unpaired) electrons. The van der Waals surface area contributed by atoms with Crippen molar-refractivity contribution in [3.8, 4) is 5.75 Å². The number of aromatic hydroxyl groups is 1. The second-order valence-corrected chi connectivity index (χ2v) is 10.3. The van der Waals surface area contributed by atoms with Crippen molar-refractivity contribution in [3.63, 3.8) is 0 Å². The third-order valence-corrected chi connectivity index (χ3v) is 8.82. The van der Waals surface area contributed by atoms with E-state index in [9.17, 15) is 29.0 Å². The summed E-state index contributed by atoms with van der Waals surface area (Å²) in [4.78, 5) is 43.4. The number of rotatable bonds is 3. The van der Waals surface area contributed by atoms with E-state index in [1.807, 2.05) is 0 Å². The highest BCUT2D eigenvalue weighted by molar-refractivity contribution is 6.30. The summed E-state index contributed by atoms with van der Waals surface area (Å²) in [6, 6.07) is 4.17. The second kappa shape index (κ2) is 6.82. The first-order valence-electron chi connectivity index (χ1n) is 11.3. The van der Waals surface area contributed by atoms with Gasteiger partial charge in [0, 0.05) is 31.1 Å². The molecule has 4 aliphatic rings. The molecule has 2 aliphatic carbocycles. The molecule has 3 atom stereocenters. The molecule has 6 rings (SSSR count). The van der Waals surface area contributed by atoms with Crippen LogP contribution >= 0.6 is 11.6 Å². The summed E-state index contributed by atoms with van der Waals surface area (Å²) in [6.45, 7) is 0.207. The lowest BCUT2D eigenvalue weighted by molar-refractivity contribution is -0.0166. The van der Waals surface area contributed by atoms with E-state index in [1.54, 1.807) is 7.05 Å². The molecule has 3 heterocycles. The van der Waals surface area contributed by atoms with Gasteiger partial charge in [-0.3, -0.25) is 19.0 Å². The van der Waals surface area contributed by atoms with Crippen molar-refractivity contribution in [1.82, 2.24) is 14.4 Å². The summed E-state index contributed by atoms with van der Waals surface area (Å²) >= 11 is 5.86. The van der Waals surface area contributed by atoms with Crippen molar-refractivity contribution >= 4 is 23.4 Å². The Morgan fingerprint density at radius 3 is 2.68 bits per heavy atom. The quantitative estimate of drug-likeness (QED) is 0.690. The van der Waals surface area contributed by atoms with Gasteiger partial charge in [-0.05, 0) is 49.3 Å². The van der Waals surface area contributed by atoms with Crippen molar-refractivity contribution < 1.29 is 24.2 Å². The normalized spacial score (nSPS) is 29.0. The number of hydrogen-bond acceptors (Lipinski definition) is 5. The number of aliphatic hydroxyl groups is 1. The van der Waals surface area contributed by atoms with Crippen LogP contribution in [0.5, 0.6) is 5.75 Å². The lowest BCUT2D eigenvalue weighted by Gasteiger charge is -2.41. The molecule has 2 N–H and O–H groups in total. The number of aliphatic hydroxyl groups excluding tert-OH is 1. The summed E-state index contributed by atoms with van der Waals surface area (Å²) in [5.41, 5.74) is -1.48. The molecule has 0 unspecified atom stereocenters. The molecule has 2 aromatic rings. The molecular formula is C24H23ClFN3O5. The molecule has 34 heavy (non-hydrogen) atoms. The van der Waals surface area contributed by atoms with E-state index in [-0.39, 0.29) is 54.2 Å². The molecular weight excluding hydrogens is 465 g/mol. The minimum absolute atomic E-state index is 0.0621. The number of halogens is 2. The van der Waals surface area contributed by atoms with Gasteiger partial charge in [-0.2, -0.15) is 0 Å². The van der Waals surface area contributed by atoms with Gasteiger partial charge in [-0.1, -0.05) is 17.7 Å². The van der Waals surface area contributed by atoms with Gasteiger partial charge in [0.1, 0.15) is 17.2 Å². The van der Waals surface area contributed by atoms with Crippen LogP contribution in [0.3, 0.4) is 0 Å². The number of amides is 2. The van der Waals surface area contributed by atoms with Gasteiger partial charge in [0.15, 0.2) is 5.75 Å². The van der Waals surface area contributed by atoms with E-state index in [0.29, 0.717) is 24.0 Å². The van der Waals surface area contributed by atoms with Crippen LogP contribution in [-0.4, -0.2) is 56.6 Å². The zero-order valence-corrected chi connectivity index (χ0v) is 19.2. The van der Waals surface area contributed by atoms with Crippen LogP contribution in [0.25, 0.3) is 0 Å². The molecule has 2 aliphatic heterocycles. The molecule has 8 nitrogen and oxygen atoms in total. The maximum Gasteiger partial charge on any atom is 0.296 e. The summed E-state index contributed by atoms with van der Waals surface area (Å²) in [6.07, 6.45) is 2.26. The summed E-state index contributed by atoms with van der Waals surface area (Å²) in [5.74, 6) is -1.97. The maximum atomic E-state index is 13.5. The Balaban J connectivity index is 1.47. The van der Waals surface area contributed by atoms with Gasteiger partial charge in [-0.25, -0.2) is 4.39 Å². The highest BCUT2D eigenvalue weighted by Crippen LogP contribution is 2.72. The summed E-state index contributed by atoms with van der Waals surface area (Å²) in [5, 5.41) is 21.2. The lowest BCUT2D eigenvalue weighted by Crippen LogP contribution is -2.54. The van der Waals surface area contributed by atoms with Gasteiger partial charge in [0.2, 0.25) is 0 Å². The third-order valence-electron chi connectivity index (χ3n) is 8.53. The van der Waals surface area contributed by atoms with Crippen molar-refractivity contribution in [2.24, 2.45) is 11.3 Å². The van der Waals surface area contributed by atoms with Crippen molar-refractivity contribution in [1.29, 1.82) is 0 Å². The Kier molecular flexibility index (Phi) is 4.34. The average molecular weight is 488 g/mol. The zero-order chi connectivity index (χ0) is 24.2. The molecule has 1 spiro atoms. The molecule has 0 saturated heterocycles. The van der Waals surface area contributed by atoms with Gasteiger partial charge in [0.05, 0.1) is 17.2 Å². The Morgan fingerprint density at radius 1 is 1.24 bits per heavy atom. The first kappa shape index (κ1) is 21.6. The Hall–Kier alpha value is -2.91. The van der Waals surface area contributed by atoms with Crippen LogP contribution in [0.1, 0.15) is 51.2 Å². The molecule has 178 valence electrons. The fourth-order valence-corrected chi connectivity index (χ4v) is 6.99. The number of fused-ring (bicyclic) bond motifs is 6. The Morgan fingerprint density at radius 2 is 2.00 bits per heavy atom. The minimum Gasteiger partial charge on any atom is -0.502 e. The van der Waals surface area contributed by atoms with Crippen LogP contribution in [0, 0.1) is 17.2 Å². The fraction of sp³-hybridized carbons (Fsp3) is 0.458. The van der Waals surface area contributed by atoms with E-state index in [2.05, 4.69) is 0 Å². The number of nitrogens with zero attached hydrogens (tertiary/aromatic N) is 3. The van der Waals surface area contributed by atoms with Crippen molar-refractivity contribution in [2.75, 3.05) is 20.2 Å². The van der Waals surface area contributed by atoms with Crippen LogP contribution in [-0.2, 0) is 18.6 Å². The highest BCUT2D eigenvalue weighted by atomic mass is 35.5. The maximum absolute atomic E-state index is 13.5. The number of aromatic nitrogens is 1. The number of carbonyl (C=O) groups excluding carboxylic acids is 2. The summed E-state index contributed by atoms with van der Waals surface area (Å²) in [7, 11) is 1.63. The minimum atomic E-state index is -1.03. The molecule has 1 aromatic carbocycles. The molecule has 2 amide bonds. The van der Waals surface area contributed by atoms with Gasteiger partial charge in [-0.15, -0.1) is 0 Å². The molecule has 2 fully saturated rings. The topological polar surface area (TPSA) is 103 Å². The van der Waals surface area contributed by atoms with Crippen LogP contribution in [0.2, 0.25) is 5.02 Å². The number of carbonyl (C=O) groups is 2. The largest absolute Gasteiger partial charge is 0.502 e. The van der Waals surface area contributed by atoms with E-state index in [0.717, 1.165) is 6.42 Å². The predicted molar refractivity (Wildman–Crippen MR) is 119 cm³/mol. The number of pyridine rings is 1. The van der Waals surface area contributed by atoms with Crippen LogP contribution in [0.4, 0.5) is 4.39 Å². The monoisotopic (exact) mass is 487 g/mol. The molecule has 1 aromatic heterocycles. The average Bonchev–Trinajstić information content (AvgIpc) is 3.40. The van der Waals surface area contributed by atoms with Gasteiger partial charge < -0.3 is 20.0 Å². The van der Waals surface area contributed by atoms with Crippen LogP contribution < -0.4 is 5.56 Å².